The van der Waals surface area contributed by atoms with E-state index in [-0.39, 0.29) is 5.48 Å². The summed E-state index contributed by atoms with van der Waals surface area (Å²) in [6.07, 6.45) is 2.71. The van der Waals surface area contributed by atoms with Gasteiger partial charge in [0.25, 0.3) is 0 Å². The van der Waals surface area contributed by atoms with Gasteiger partial charge in [-0.1, -0.05) is 33.6 Å². The second kappa shape index (κ2) is 5.96. The molecule has 0 aliphatic carbocycles. The van der Waals surface area contributed by atoms with Crippen molar-refractivity contribution in [1.29, 1.82) is 0 Å². The highest BCUT2D eigenvalue weighted by Crippen LogP contribution is 2.00. The van der Waals surface area contributed by atoms with E-state index in [9.17, 15) is 0 Å². The van der Waals surface area contributed by atoms with Crippen molar-refractivity contribution >= 4 is 0 Å². The Morgan fingerprint density at radius 1 is 1.29 bits per heavy atom. The lowest BCUT2D eigenvalue weighted by Crippen LogP contribution is -1.81. The SMILES string of the molecule is CCCC(C)C.O. The van der Waals surface area contributed by atoms with Crippen LogP contribution in [0.2, 0.25) is 0 Å². The third-order valence-electron chi connectivity index (χ3n) is 0.866. The molecule has 0 heterocycles. The van der Waals surface area contributed by atoms with Gasteiger partial charge in [0.1, 0.15) is 0 Å². The van der Waals surface area contributed by atoms with Crippen LogP contribution in [0, 0.1) is 5.92 Å². The van der Waals surface area contributed by atoms with Crippen molar-refractivity contribution in [3.8, 4) is 0 Å². The lowest BCUT2D eigenvalue weighted by atomic mass is 10.1. The molecule has 0 aliphatic heterocycles. The molecule has 0 atom stereocenters. The van der Waals surface area contributed by atoms with Crippen molar-refractivity contribution in [3.63, 3.8) is 0 Å². The molecule has 0 saturated carbocycles. The monoisotopic (exact) mass is 104 g/mol. The van der Waals surface area contributed by atoms with E-state index >= 15 is 0 Å². The second-order valence-electron chi connectivity index (χ2n) is 2.18. The number of hydrogen-bond acceptors (Lipinski definition) is 0. The van der Waals surface area contributed by atoms with E-state index in [1.165, 1.54) is 12.8 Å². The van der Waals surface area contributed by atoms with Gasteiger partial charge < -0.3 is 5.48 Å². The highest BCUT2D eigenvalue weighted by molar-refractivity contribution is 4.38. The summed E-state index contributed by atoms with van der Waals surface area (Å²) in [7, 11) is 0. The highest BCUT2D eigenvalue weighted by atomic mass is 16.0. The van der Waals surface area contributed by atoms with Gasteiger partial charge in [0.15, 0.2) is 0 Å². The summed E-state index contributed by atoms with van der Waals surface area (Å²) >= 11 is 0. The second-order valence-corrected chi connectivity index (χ2v) is 2.18. The number of hydrogen-bond donors (Lipinski definition) is 0. The fourth-order valence-electron chi connectivity index (χ4n) is 0.577. The molecule has 0 saturated heterocycles. The van der Waals surface area contributed by atoms with E-state index in [2.05, 4.69) is 20.8 Å². The van der Waals surface area contributed by atoms with E-state index in [4.69, 9.17) is 0 Å². The van der Waals surface area contributed by atoms with E-state index in [0.29, 0.717) is 0 Å². The van der Waals surface area contributed by atoms with Crippen molar-refractivity contribution in [3.05, 3.63) is 0 Å². The molecular formula is C6H16O. The van der Waals surface area contributed by atoms with Crippen LogP contribution in [-0.2, 0) is 0 Å². The quantitative estimate of drug-likeness (QED) is 0.510. The third kappa shape index (κ3) is 10.7. The van der Waals surface area contributed by atoms with Gasteiger partial charge >= 0.3 is 0 Å². The normalized spacial score (nSPS) is 8.57. The molecule has 1 nitrogen and oxygen atoms in total. The van der Waals surface area contributed by atoms with E-state index < -0.39 is 0 Å². The van der Waals surface area contributed by atoms with E-state index in [0.717, 1.165) is 5.92 Å². The Hall–Kier alpha value is -0.0400. The summed E-state index contributed by atoms with van der Waals surface area (Å²) < 4.78 is 0. The van der Waals surface area contributed by atoms with Gasteiger partial charge in [0, 0.05) is 0 Å². The first-order valence-corrected chi connectivity index (χ1v) is 2.77. The number of rotatable bonds is 2. The maximum atomic E-state index is 2.25. The minimum absolute atomic E-state index is 0. The first-order valence-electron chi connectivity index (χ1n) is 2.77. The molecule has 0 fully saturated rings. The Balaban J connectivity index is 0. The lowest BCUT2D eigenvalue weighted by Gasteiger charge is -1.95. The van der Waals surface area contributed by atoms with Crippen LogP contribution in [0.25, 0.3) is 0 Å². The molecule has 0 aromatic carbocycles. The molecule has 0 unspecified atom stereocenters. The Morgan fingerprint density at radius 2 is 1.71 bits per heavy atom. The molecule has 2 N–H and O–H groups in total. The first-order chi connectivity index (χ1) is 2.77. The average molecular weight is 104 g/mol. The molecule has 0 radical (unpaired) electrons. The van der Waals surface area contributed by atoms with Crippen LogP contribution in [0.4, 0.5) is 0 Å². The summed E-state index contributed by atoms with van der Waals surface area (Å²) in [6.45, 7) is 6.73. The molecule has 0 rings (SSSR count). The zero-order valence-electron chi connectivity index (χ0n) is 5.49. The standard InChI is InChI=1S/C6H14.H2O/c1-4-5-6(2)3;/h6H,4-5H2,1-3H3;1H2. The fraction of sp³-hybridized carbons (Fsp3) is 1.00. The molecule has 0 aromatic rings. The predicted octanol–water partition coefficient (Wildman–Crippen LogP) is 1.62. The summed E-state index contributed by atoms with van der Waals surface area (Å²) in [6, 6.07) is 0. The summed E-state index contributed by atoms with van der Waals surface area (Å²) in [5, 5.41) is 0. The Bertz CT molecular complexity index is 25.4. The summed E-state index contributed by atoms with van der Waals surface area (Å²) in [4.78, 5) is 0. The van der Waals surface area contributed by atoms with Gasteiger partial charge in [-0.25, -0.2) is 0 Å². The summed E-state index contributed by atoms with van der Waals surface area (Å²) in [5.74, 6) is 0.898. The maximum Gasteiger partial charge on any atom is -0.0471 e. The zero-order chi connectivity index (χ0) is 4.99. The van der Waals surface area contributed by atoms with Crippen LogP contribution in [0.3, 0.4) is 0 Å². The maximum absolute atomic E-state index is 2.25. The van der Waals surface area contributed by atoms with Gasteiger partial charge in [-0.3, -0.25) is 0 Å². The highest BCUT2D eigenvalue weighted by Gasteiger charge is 1.85. The molecular weight excluding hydrogens is 88.1 g/mol. The van der Waals surface area contributed by atoms with Crippen LogP contribution in [0.15, 0.2) is 0 Å². The molecule has 0 spiro atoms. The first kappa shape index (κ1) is 10.0. The lowest BCUT2D eigenvalue weighted by molar-refractivity contribution is 0.576. The summed E-state index contributed by atoms with van der Waals surface area (Å²) in [5.41, 5.74) is 0. The van der Waals surface area contributed by atoms with Crippen molar-refractivity contribution in [1.82, 2.24) is 0 Å². The van der Waals surface area contributed by atoms with E-state index in [1.54, 1.807) is 0 Å². The van der Waals surface area contributed by atoms with Crippen LogP contribution in [-0.4, -0.2) is 5.48 Å². The van der Waals surface area contributed by atoms with E-state index in [1.807, 2.05) is 0 Å². The van der Waals surface area contributed by atoms with Crippen LogP contribution < -0.4 is 0 Å². The molecule has 1 heteroatoms. The smallest absolute Gasteiger partial charge is 0.0471 e. The predicted molar refractivity (Wildman–Crippen MR) is 33.4 cm³/mol. The van der Waals surface area contributed by atoms with Crippen molar-refractivity contribution < 1.29 is 5.48 Å². The minimum Gasteiger partial charge on any atom is -0.412 e. The molecule has 46 valence electrons. The zero-order valence-corrected chi connectivity index (χ0v) is 5.49. The van der Waals surface area contributed by atoms with Gasteiger partial charge in [-0.05, 0) is 5.92 Å². The Kier molecular flexibility index (Phi) is 8.56. The molecule has 0 aliphatic rings. The van der Waals surface area contributed by atoms with Crippen molar-refractivity contribution in [2.24, 2.45) is 5.92 Å². The topological polar surface area (TPSA) is 31.5 Å². The average Bonchev–Trinajstić information content (AvgIpc) is 1.35. The molecule has 0 bridgehead atoms. The minimum atomic E-state index is 0. The fourth-order valence-corrected chi connectivity index (χ4v) is 0.577. The Labute approximate surface area is 46.0 Å². The van der Waals surface area contributed by atoms with Crippen LogP contribution in [0.1, 0.15) is 33.6 Å². The van der Waals surface area contributed by atoms with Gasteiger partial charge in [0.05, 0.1) is 0 Å². The molecule has 7 heavy (non-hydrogen) atoms. The third-order valence-corrected chi connectivity index (χ3v) is 0.866. The van der Waals surface area contributed by atoms with Gasteiger partial charge in [-0.15, -0.1) is 0 Å². The van der Waals surface area contributed by atoms with Gasteiger partial charge in [-0.2, -0.15) is 0 Å². The molecule has 0 amide bonds. The largest absolute Gasteiger partial charge is 0.412 e. The Morgan fingerprint density at radius 3 is 1.71 bits per heavy atom. The molecule has 0 aromatic heterocycles. The van der Waals surface area contributed by atoms with Crippen LogP contribution in [0.5, 0.6) is 0 Å². The van der Waals surface area contributed by atoms with Crippen LogP contribution >= 0.6 is 0 Å². The van der Waals surface area contributed by atoms with Crippen molar-refractivity contribution in [2.45, 2.75) is 33.6 Å². The van der Waals surface area contributed by atoms with Crippen molar-refractivity contribution in [2.75, 3.05) is 0 Å². The van der Waals surface area contributed by atoms with Gasteiger partial charge in [0.2, 0.25) is 0 Å².